The SMILES string of the molecule is CN(C)c1ccc(C(CC(=O)O)C2CC2)cc1Br. The number of halogens is 1. The Kier molecular flexibility index (Phi) is 3.95. The third-order valence-electron chi connectivity index (χ3n) is 3.47. The van der Waals surface area contributed by atoms with E-state index in [4.69, 9.17) is 5.11 Å². The van der Waals surface area contributed by atoms with Crippen molar-refractivity contribution >= 4 is 27.6 Å². The van der Waals surface area contributed by atoms with Gasteiger partial charge in [-0.2, -0.15) is 0 Å². The Bertz CT molecular complexity index is 455. The van der Waals surface area contributed by atoms with Crippen LogP contribution in [0.2, 0.25) is 0 Å². The normalized spacial score (nSPS) is 16.4. The monoisotopic (exact) mass is 311 g/mol. The Hall–Kier alpha value is -1.03. The average Bonchev–Trinajstić information content (AvgIpc) is 3.08. The molecule has 0 amide bonds. The molecule has 0 heterocycles. The van der Waals surface area contributed by atoms with E-state index < -0.39 is 5.97 Å². The summed E-state index contributed by atoms with van der Waals surface area (Å²) in [5.41, 5.74) is 2.25. The maximum Gasteiger partial charge on any atom is 0.303 e. The molecule has 1 fully saturated rings. The highest BCUT2D eigenvalue weighted by molar-refractivity contribution is 9.10. The lowest BCUT2D eigenvalue weighted by Crippen LogP contribution is -2.11. The number of nitrogens with zero attached hydrogens (tertiary/aromatic N) is 1. The predicted octanol–water partition coefficient (Wildman–Crippen LogP) is 3.48. The van der Waals surface area contributed by atoms with Gasteiger partial charge in [-0.15, -0.1) is 0 Å². The first-order chi connectivity index (χ1) is 8.49. The maximum absolute atomic E-state index is 11.0. The van der Waals surface area contributed by atoms with Crippen LogP contribution in [0.1, 0.15) is 30.7 Å². The zero-order chi connectivity index (χ0) is 13.3. The highest BCUT2D eigenvalue weighted by atomic mass is 79.9. The third-order valence-corrected chi connectivity index (χ3v) is 4.10. The van der Waals surface area contributed by atoms with E-state index in [0.717, 1.165) is 28.6 Å². The summed E-state index contributed by atoms with van der Waals surface area (Å²) < 4.78 is 1.03. The molecule has 0 aromatic heterocycles. The summed E-state index contributed by atoms with van der Waals surface area (Å²) in [6, 6.07) is 6.18. The Morgan fingerprint density at radius 3 is 2.61 bits per heavy atom. The van der Waals surface area contributed by atoms with Crippen molar-refractivity contribution in [2.45, 2.75) is 25.2 Å². The maximum atomic E-state index is 11.0. The van der Waals surface area contributed by atoms with E-state index in [1.54, 1.807) is 0 Å². The van der Waals surface area contributed by atoms with Crippen molar-refractivity contribution in [3.05, 3.63) is 28.2 Å². The fraction of sp³-hybridized carbons (Fsp3) is 0.500. The van der Waals surface area contributed by atoms with Crippen molar-refractivity contribution in [2.24, 2.45) is 5.92 Å². The van der Waals surface area contributed by atoms with Crippen LogP contribution in [0.15, 0.2) is 22.7 Å². The molecule has 1 N–H and O–H groups in total. The summed E-state index contributed by atoms with van der Waals surface area (Å²) in [6.07, 6.45) is 2.55. The molecule has 1 aromatic rings. The van der Waals surface area contributed by atoms with Crippen LogP contribution in [0.4, 0.5) is 5.69 Å². The summed E-state index contributed by atoms with van der Waals surface area (Å²) in [5, 5.41) is 9.01. The third kappa shape index (κ3) is 3.05. The molecule has 1 atom stereocenters. The average molecular weight is 312 g/mol. The van der Waals surface area contributed by atoms with Gasteiger partial charge in [0.25, 0.3) is 0 Å². The molecule has 1 saturated carbocycles. The second kappa shape index (κ2) is 5.31. The van der Waals surface area contributed by atoms with Gasteiger partial charge in [0.2, 0.25) is 0 Å². The molecule has 0 spiro atoms. The first-order valence-corrected chi connectivity index (χ1v) is 6.97. The lowest BCUT2D eigenvalue weighted by Gasteiger charge is -2.19. The summed E-state index contributed by atoms with van der Waals surface area (Å²) in [7, 11) is 3.99. The minimum atomic E-state index is -0.709. The molecule has 1 aliphatic rings. The van der Waals surface area contributed by atoms with Crippen molar-refractivity contribution in [3.63, 3.8) is 0 Å². The van der Waals surface area contributed by atoms with Crippen LogP contribution < -0.4 is 4.90 Å². The number of aliphatic carboxylic acids is 1. The minimum absolute atomic E-state index is 0.162. The standard InChI is InChI=1S/C14H18BrNO2/c1-16(2)13-6-5-10(7-12(13)15)11(8-14(17)18)9-3-4-9/h5-7,9,11H,3-4,8H2,1-2H3,(H,17,18). The van der Waals surface area contributed by atoms with Crippen LogP contribution in [-0.4, -0.2) is 25.2 Å². The number of rotatable bonds is 5. The molecule has 18 heavy (non-hydrogen) atoms. The second-order valence-electron chi connectivity index (χ2n) is 5.15. The van der Waals surface area contributed by atoms with E-state index in [2.05, 4.69) is 34.1 Å². The Morgan fingerprint density at radius 1 is 1.50 bits per heavy atom. The van der Waals surface area contributed by atoms with Crippen LogP contribution in [0.25, 0.3) is 0 Å². The van der Waals surface area contributed by atoms with Crippen molar-refractivity contribution < 1.29 is 9.90 Å². The molecule has 2 rings (SSSR count). The molecular weight excluding hydrogens is 294 g/mol. The van der Waals surface area contributed by atoms with Crippen LogP contribution in [-0.2, 0) is 4.79 Å². The Labute approximate surface area is 116 Å². The van der Waals surface area contributed by atoms with Gasteiger partial charge in [-0.1, -0.05) is 6.07 Å². The molecule has 0 radical (unpaired) electrons. The molecule has 0 aliphatic heterocycles. The number of hydrogen-bond donors (Lipinski definition) is 1. The van der Waals surface area contributed by atoms with Crippen LogP contribution in [0, 0.1) is 5.92 Å². The quantitative estimate of drug-likeness (QED) is 0.905. The smallest absolute Gasteiger partial charge is 0.303 e. The van der Waals surface area contributed by atoms with Gasteiger partial charge in [-0.05, 0) is 58.3 Å². The summed E-state index contributed by atoms with van der Waals surface area (Å²) in [6.45, 7) is 0. The van der Waals surface area contributed by atoms with Crippen LogP contribution in [0.3, 0.4) is 0 Å². The molecule has 1 aliphatic carbocycles. The largest absolute Gasteiger partial charge is 0.481 e. The molecule has 1 unspecified atom stereocenters. The number of benzene rings is 1. The van der Waals surface area contributed by atoms with Gasteiger partial charge < -0.3 is 10.0 Å². The van der Waals surface area contributed by atoms with Crippen molar-refractivity contribution in [1.29, 1.82) is 0 Å². The van der Waals surface area contributed by atoms with Crippen molar-refractivity contribution in [3.8, 4) is 0 Å². The fourth-order valence-electron chi connectivity index (χ4n) is 2.36. The molecule has 4 heteroatoms. The van der Waals surface area contributed by atoms with Gasteiger partial charge in [-0.3, -0.25) is 4.79 Å². The summed E-state index contributed by atoms with van der Waals surface area (Å²) in [5.74, 6) is 0.00734. The van der Waals surface area contributed by atoms with E-state index in [-0.39, 0.29) is 12.3 Å². The van der Waals surface area contributed by atoms with Gasteiger partial charge in [0.05, 0.1) is 12.1 Å². The van der Waals surface area contributed by atoms with Gasteiger partial charge >= 0.3 is 5.97 Å². The molecule has 98 valence electrons. The van der Waals surface area contributed by atoms with Gasteiger partial charge in [0.15, 0.2) is 0 Å². The number of hydrogen-bond acceptors (Lipinski definition) is 2. The molecule has 3 nitrogen and oxygen atoms in total. The van der Waals surface area contributed by atoms with E-state index in [1.807, 2.05) is 19.0 Å². The van der Waals surface area contributed by atoms with Crippen LogP contribution >= 0.6 is 15.9 Å². The fourth-order valence-corrected chi connectivity index (χ4v) is 3.11. The van der Waals surface area contributed by atoms with Crippen molar-refractivity contribution in [2.75, 3.05) is 19.0 Å². The first-order valence-electron chi connectivity index (χ1n) is 6.17. The predicted molar refractivity (Wildman–Crippen MR) is 76.2 cm³/mol. The lowest BCUT2D eigenvalue weighted by molar-refractivity contribution is -0.137. The van der Waals surface area contributed by atoms with E-state index in [9.17, 15) is 4.79 Å². The highest BCUT2D eigenvalue weighted by Crippen LogP contribution is 2.45. The van der Waals surface area contributed by atoms with Gasteiger partial charge in [0.1, 0.15) is 0 Å². The van der Waals surface area contributed by atoms with E-state index >= 15 is 0 Å². The van der Waals surface area contributed by atoms with Gasteiger partial charge in [-0.25, -0.2) is 0 Å². The minimum Gasteiger partial charge on any atom is -0.481 e. The number of carbonyl (C=O) groups is 1. The van der Waals surface area contributed by atoms with Crippen LogP contribution in [0.5, 0.6) is 0 Å². The number of carboxylic acids is 1. The van der Waals surface area contributed by atoms with Crippen molar-refractivity contribution in [1.82, 2.24) is 0 Å². The molecular formula is C14H18BrNO2. The highest BCUT2D eigenvalue weighted by Gasteiger charge is 2.33. The Balaban J connectivity index is 2.25. The summed E-state index contributed by atoms with van der Waals surface area (Å²) in [4.78, 5) is 13.0. The number of carboxylic acid groups (broad SMARTS) is 1. The zero-order valence-electron chi connectivity index (χ0n) is 10.7. The molecule has 0 saturated heterocycles. The second-order valence-corrected chi connectivity index (χ2v) is 6.00. The molecule has 0 bridgehead atoms. The molecule has 1 aromatic carbocycles. The van der Waals surface area contributed by atoms with E-state index in [0.29, 0.717) is 5.92 Å². The van der Waals surface area contributed by atoms with Gasteiger partial charge in [0, 0.05) is 18.6 Å². The van der Waals surface area contributed by atoms with E-state index in [1.165, 1.54) is 0 Å². The zero-order valence-corrected chi connectivity index (χ0v) is 12.3. The topological polar surface area (TPSA) is 40.5 Å². The Morgan fingerprint density at radius 2 is 2.17 bits per heavy atom. The summed E-state index contributed by atoms with van der Waals surface area (Å²) >= 11 is 3.56. The number of anilines is 1. The first kappa shape index (κ1) is 13.4. The lowest BCUT2D eigenvalue weighted by atomic mass is 9.91.